The molecular formula is C10H9F6O3P. The second-order valence-corrected chi connectivity index (χ2v) is 5.82. The largest absolute Gasteiger partial charge is 0.454 e. The highest BCUT2D eigenvalue weighted by atomic mass is 31.2. The Morgan fingerprint density at radius 2 is 1.60 bits per heavy atom. The van der Waals surface area contributed by atoms with Crippen molar-refractivity contribution in [1.29, 1.82) is 0 Å². The van der Waals surface area contributed by atoms with Crippen molar-refractivity contribution in [3.8, 4) is 0 Å². The molecule has 2 N–H and O–H groups in total. The highest BCUT2D eigenvalue weighted by Crippen LogP contribution is 2.55. The zero-order chi connectivity index (χ0) is 15.8. The minimum atomic E-state index is -6.15. The van der Waals surface area contributed by atoms with Crippen molar-refractivity contribution in [2.45, 2.75) is 24.2 Å². The van der Waals surface area contributed by atoms with Crippen molar-refractivity contribution in [3.63, 3.8) is 0 Å². The van der Waals surface area contributed by atoms with Gasteiger partial charge in [0.25, 0.3) is 0 Å². The van der Waals surface area contributed by atoms with Crippen LogP contribution in [0.3, 0.4) is 0 Å². The van der Waals surface area contributed by atoms with Crippen LogP contribution in [-0.4, -0.2) is 27.5 Å². The predicted molar refractivity (Wildman–Crippen MR) is 56.9 cm³/mol. The fourth-order valence-corrected chi connectivity index (χ4v) is 2.52. The van der Waals surface area contributed by atoms with Crippen LogP contribution in [0.1, 0.15) is 5.56 Å². The number of benzene rings is 1. The molecule has 3 nitrogen and oxygen atoms in total. The molecule has 0 aliphatic carbocycles. The van der Waals surface area contributed by atoms with Crippen molar-refractivity contribution < 1.29 is 40.7 Å². The molecule has 10 heteroatoms. The van der Waals surface area contributed by atoms with Crippen molar-refractivity contribution >= 4 is 7.60 Å². The second-order valence-electron chi connectivity index (χ2n) is 4.02. The van der Waals surface area contributed by atoms with E-state index in [-0.39, 0.29) is 0 Å². The molecule has 1 rings (SSSR count). The first kappa shape index (κ1) is 17.0. The fourth-order valence-electron chi connectivity index (χ4n) is 1.52. The summed E-state index contributed by atoms with van der Waals surface area (Å²) in [5.41, 5.74) is -4.02. The molecule has 0 spiro atoms. The Labute approximate surface area is 109 Å². The number of halogens is 6. The lowest BCUT2D eigenvalue weighted by Gasteiger charge is -2.29. The molecule has 0 radical (unpaired) electrons. The van der Waals surface area contributed by atoms with E-state index in [1.807, 2.05) is 0 Å². The van der Waals surface area contributed by atoms with Crippen LogP contribution < -0.4 is 0 Å². The summed E-state index contributed by atoms with van der Waals surface area (Å²) in [6, 6.07) is 3.98. The van der Waals surface area contributed by atoms with Gasteiger partial charge in [-0.05, 0) is 18.1 Å². The third kappa shape index (κ3) is 3.53. The fraction of sp³-hybridized carbons (Fsp3) is 0.400. The lowest BCUT2D eigenvalue weighted by Crippen LogP contribution is -2.47. The van der Waals surface area contributed by atoms with Gasteiger partial charge in [0.15, 0.2) is 0 Å². The first-order valence-electron chi connectivity index (χ1n) is 5.10. The van der Waals surface area contributed by atoms with Gasteiger partial charge >= 0.3 is 19.7 Å². The third-order valence-electron chi connectivity index (χ3n) is 2.57. The average molecular weight is 322 g/mol. The molecule has 1 aromatic rings. The molecule has 0 saturated heterocycles. The molecule has 1 aromatic carbocycles. The molecule has 0 fully saturated rings. The monoisotopic (exact) mass is 322 g/mol. The highest BCUT2D eigenvalue weighted by molar-refractivity contribution is 7.52. The topological polar surface area (TPSA) is 57.5 Å². The lowest BCUT2D eigenvalue weighted by molar-refractivity contribution is -0.283. The zero-order valence-corrected chi connectivity index (χ0v) is 10.5. The Bertz CT molecular complexity index is 524. The minimum absolute atomic E-state index is 0.634. The molecule has 0 heterocycles. The van der Waals surface area contributed by atoms with E-state index in [1.165, 1.54) is 0 Å². The van der Waals surface area contributed by atoms with Crippen LogP contribution >= 0.6 is 7.60 Å². The first-order chi connectivity index (χ1) is 8.87. The van der Waals surface area contributed by atoms with Crippen molar-refractivity contribution in [1.82, 2.24) is 0 Å². The molecule has 0 bridgehead atoms. The normalized spacial score (nSPS) is 15.2. The molecule has 0 saturated carbocycles. The van der Waals surface area contributed by atoms with Crippen molar-refractivity contribution in [2.75, 3.05) is 0 Å². The Morgan fingerprint density at radius 1 is 1.10 bits per heavy atom. The number of rotatable bonds is 4. The van der Waals surface area contributed by atoms with Gasteiger partial charge in [-0.1, -0.05) is 18.2 Å². The zero-order valence-electron chi connectivity index (χ0n) is 9.61. The molecule has 0 amide bonds. The molecule has 0 aliphatic rings. The van der Waals surface area contributed by atoms with Crippen LogP contribution in [0.4, 0.5) is 26.3 Å². The highest BCUT2D eigenvalue weighted by Gasteiger charge is 2.66. The number of alkyl halides is 5. The van der Waals surface area contributed by atoms with Gasteiger partial charge in [0.2, 0.25) is 0 Å². The second kappa shape index (κ2) is 5.38. The van der Waals surface area contributed by atoms with Gasteiger partial charge in [-0.25, -0.2) is 4.39 Å². The molecule has 114 valence electrons. The van der Waals surface area contributed by atoms with Gasteiger partial charge in [-0.3, -0.25) is 4.57 Å². The molecule has 0 aliphatic heterocycles. The van der Waals surface area contributed by atoms with E-state index in [1.54, 1.807) is 0 Å². The molecular weight excluding hydrogens is 313 g/mol. The smallest absolute Gasteiger partial charge is 0.324 e. The van der Waals surface area contributed by atoms with Crippen LogP contribution in [0.5, 0.6) is 0 Å². The Balaban J connectivity index is 3.24. The standard InChI is InChI=1S/C10H9F6O3P/c11-7-4-2-1-3-6(7)5-8(20(17,18)19)9(12,13)10(14,15)16/h1-4,8H,5H2,(H2,17,18,19). The van der Waals surface area contributed by atoms with Crippen LogP contribution in [0, 0.1) is 5.82 Å². The first-order valence-corrected chi connectivity index (χ1v) is 6.78. The molecule has 1 unspecified atom stereocenters. The van der Waals surface area contributed by atoms with Crippen LogP contribution in [0.15, 0.2) is 24.3 Å². The summed E-state index contributed by atoms with van der Waals surface area (Å²) in [4.78, 5) is 17.5. The van der Waals surface area contributed by atoms with E-state index in [9.17, 15) is 30.9 Å². The van der Waals surface area contributed by atoms with Crippen LogP contribution in [0.25, 0.3) is 0 Å². The average Bonchev–Trinajstić information content (AvgIpc) is 2.24. The molecule has 0 aromatic heterocycles. The van der Waals surface area contributed by atoms with Gasteiger partial charge in [0.05, 0.1) is 0 Å². The summed E-state index contributed by atoms with van der Waals surface area (Å²) < 4.78 is 87.2. The summed E-state index contributed by atoms with van der Waals surface area (Å²) in [5, 5.41) is 0. The SMILES string of the molecule is O=P(O)(O)C(Cc1ccccc1F)C(F)(F)C(F)(F)F. The quantitative estimate of drug-likeness (QED) is 0.661. The summed E-state index contributed by atoms with van der Waals surface area (Å²) in [6.45, 7) is 0. The number of hydrogen-bond donors (Lipinski definition) is 2. The van der Waals surface area contributed by atoms with Gasteiger partial charge in [-0.2, -0.15) is 22.0 Å². The van der Waals surface area contributed by atoms with Gasteiger partial charge in [-0.15, -0.1) is 0 Å². The van der Waals surface area contributed by atoms with E-state index in [0.717, 1.165) is 24.3 Å². The summed E-state index contributed by atoms with van der Waals surface area (Å²) in [7, 11) is -5.82. The van der Waals surface area contributed by atoms with Gasteiger partial charge in [0.1, 0.15) is 11.5 Å². The van der Waals surface area contributed by atoms with Crippen molar-refractivity contribution in [3.05, 3.63) is 35.6 Å². The van der Waals surface area contributed by atoms with Crippen LogP contribution in [-0.2, 0) is 11.0 Å². The maximum atomic E-state index is 13.2. The Morgan fingerprint density at radius 3 is 2.00 bits per heavy atom. The third-order valence-corrected chi connectivity index (χ3v) is 3.89. The van der Waals surface area contributed by atoms with Crippen LogP contribution in [0.2, 0.25) is 0 Å². The van der Waals surface area contributed by atoms with E-state index in [0.29, 0.717) is 0 Å². The van der Waals surface area contributed by atoms with E-state index in [4.69, 9.17) is 9.79 Å². The lowest BCUT2D eigenvalue weighted by atomic mass is 10.0. The van der Waals surface area contributed by atoms with Gasteiger partial charge in [0, 0.05) is 0 Å². The maximum absolute atomic E-state index is 13.2. The number of hydrogen-bond acceptors (Lipinski definition) is 1. The Kier molecular flexibility index (Phi) is 4.58. The Hall–Kier alpha value is -1.05. The predicted octanol–water partition coefficient (Wildman–Crippen LogP) is 3.11. The summed E-state index contributed by atoms with van der Waals surface area (Å²) in [6.07, 6.45) is -7.59. The maximum Gasteiger partial charge on any atom is 0.454 e. The summed E-state index contributed by atoms with van der Waals surface area (Å²) >= 11 is 0. The molecule has 20 heavy (non-hydrogen) atoms. The van der Waals surface area contributed by atoms with Crippen molar-refractivity contribution in [2.24, 2.45) is 0 Å². The minimum Gasteiger partial charge on any atom is -0.324 e. The van der Waals surface area contributed by atoms with Gasteiger partial charge < -0.3 is 9.79 Å². The van der Waals surface area contributed by atoms with E-state index in [2.05, 4.69) is 0 Å². The summed E-state index contributed by atoms with van der Waals surface area (Å²) in [5.74, 6) is -6.77. The molecule has 1 atom stereocenters. The van der Waals surface area contributed by atoms with E-state index >= 15 is 0 Å². The van der Waals surface area contributed by atoms with E-state index < -0.39 is 43.2 Å².